The third-order valence-electron chi connectivity index (χ3n) is 6.18. The molecule has 0 aliphatic rings. The third-order valence-corrected chi connectivity index (χ3v) is 6.18. The minimum Gasteiger partial charge on any atom is -0.423 e. The Kier molecular flexibility index (Phi) is 4.71. The van der Waals surface area contributed by atoms with Crippen molar-refractivity contribution >= 4 is 49.8 Å². The molecule has 0 saturated carbocycles. The van der Waals surface area contributed by atoms with E-state index >= 15 is 0 Å². The molecule has 6 nitrogen and oxygen atoms in total. The number of carbonyl (C=O) groups excluding carboxylic acids is 1. The first-order valence-corrected chi connectivity index (χ1v) is 11.4. The number of hydrogen-bond acceptors (Lipinski definition) is 6. The van der Waals surface area contributed by atoms with Gasteiger partial charge in [0.25, 0.3) is 0 Å². The van der Waals surface area contributed by atoms with Crippen LogP contribution in [0.1, 0.15) is 36.7 Å². The van der Waals surface area contributed by atoms with Gasteiger partial charge in [-0.2, -0.15) is 0 Å². The number of aromatic nitrogens is 4. The highest BCUT2D eigenvalue weighted by atomic mass is 16.5. The molecule has 3 heterocycles. The van der Waals surface area contributed by atoms with Gasteiger partial charge in [-0.15, -0.1) is 0 Å². The standard InChI is InChI=1S/C29H22N4O2/c1-29(2,3)18-9-11-19(12-10-18)35-28(34)17-8-13-22-23(16-17)33-27-21-7-5-15-31-25(21)24-20(26(27)32-22)6-4-14-30-24/h4-16H,1-3H3. The lowest BCUT2D eigenvalue weighted by Crippen LogP contribution is -2.12. The van der Waals surface area contributed by atoms with E-state index in [4.69, 9.17) is 14.7 Å². The first-order chi connectivity index (χ1) is 16.9. The van der Waals surface area contributed by atoms with E-state index in [0.717, 1.165) is 32.8 Å². The fourth-order valence-corrected chi connectivity index (χ4v) is 4.32. The predicted octanol–water partition coefficient (Wildman–Crippen LogP) is 6.40. The maximum atomic E-state index is 12.9. The summed E-state index contributed by atoms with van der Waals surface area (Å²) in [5, 5.41) is 1.76. The number of hydrogen-bond donors (Lipinski definition) is 0. The maximum absolute atomic E-state index is 12.9. The van der Waals surface area contributed by atoms with Crippen LogP contribution < -0.4 is 4.74 Å². The van der Waals surface area contributed by atoms with Gasteiger partial charge in [0.2, 0.25) is 0 Å². The minimum atomic E-state index is -0.438. The second kappa shape index (κ2) is 7.81. The molecule has 0 saturated heterocycles. The van der Waals surface area contributed by atoms with Crippen LogP contribution in [0.2, 0.25) is 0 Å². The first kappa shape index (κ1) is 21.1. The zero-order chi connectivity index (χ0) is 24.2. The fraction of sp³-hybridized carbons (Fsp3) is 0.138. The number of esters is 1. The molecule has 0 aliphatic heterocycles. The van der Waals surface area contributed by atoms with Gasteiger partial charge in [0.05, 0.1) is 38.7 Å². The van der Waals surface area contributed by atoms with E-state index in [2.05, 4.69) is 30.7 Å². The molecule has 6 heteroatoms. The van der Waals surface area contributed by atoms with Gasteiger partial charge >= 0.3 is 5.97 Å². The van der Waals surface area contributed by atoms with Crippen LogP contribution >= 0.6 is 0 Å². The van der Waals surface area contributed by atoms with Crippen LogP contribution in [0.25, 0.3) is 43.9 Å². The van der Waals surface area contributed by atoms with Gasteiger partial charge in [-0.3, -0.25) is 9.97 Å². The van der Waals surface area contributed by atoms with Crippen LogP contribution in [0.5, 0.6) is 5.75 Å². The van der Waals surface area contributed by atoms with Gasteiger partial charge < -0.3 is 4.74 Å². The van der Waals surface area contributed by atoms with Gasteiger partial charge in [0.1, 0.15) is 5.75 Å². The molecule has 35 heavy (non-hydrogen) atoms. The van der Waals surface area contributed by atoms with Crippen LogP contribution in [0, 0.1) is 0 Å². The van der Waals surface area contributed by atoms with E-state index in [1.54, 1.807) is 30.6 Å². The number of pyridine rings is 2. The number of fused-ring (bicyclic) bond motifs is 7. The molecular formula is C29H22N4O2. The Morgan fingerprint density at radius 2 is 1.31 bits per heavy atom. The van der Waals surface area contributed by atoms with Crippen molar-refractivity contribution in [2.75, 3.05) is 0 Å². The molecule has 0 atom stereocenters. The summed E-state index contributed by atoms with van der Waals surface area (Å²) in [5.41, 5.74) is 5.98. The average molecular weight is 459 g/mol. The lowest BCUT2D eigenvalue weighted by molar-refractivity contribution is 0.0735. The number of benzene rings is 3. The van der Waals surface area contributed by atoms with E-state index in [9.17, 15) is 4.79 Å². The largest absolute Gasteiger partial charge is 0.423 e. The topological polar surface area (TPSA) is 77.9 Å². The van der Waals surface area contributed by atoms with Gasteiger partial charge in [-0.25, -0.2) is 14.8 Å². The SMILES string of the molecule is CC(C)(C)c1ccc(OC(=O)c2ccc3nc4c5cccnc5c5ncccc5c4nc3c2)cc1. The number of ether oxygens (including phenoxy) is 1. The molecule has 0 unspecified atom stereocenters. The fourth-order valence-electron chi connectivity index (χ4n) is 4.32. The quantitative estimate of drug-likeness (QED) is 0.129. The zero-order valence-corrected chi connectivity index (χ0v) is 19.6. The van der Waals surface area contributed by atoms with Crippen LogP contribution in [0.4, 0.5) is 0 Å². The van der Waals surface area contributed by atoms with Crippen LogP contribution in [0.15, 0.2) is 79.1 Å². The van der Waals surface area contributed by atoms with Crippen molar-refractivity contribution in [3.8, 4) is 5.75 Å². The Balaban J connectivity index is 1.44. The molecule has 0 amide bonds. The van der Waals surface area contributed by atoms with Gasteiger partial charge in [-0.1, -0.05) is 32.9 Å². The van der Waals surface area contributed by atoms with Crippen LogP contribution in [-0.2, 0) is 5.41 Å². The zero-order valence-electron chi connectivity index (χ0n) is 19.6. The molecule has 3 aromatic heterocycles. The summed E-state index contributed by atoms with van der Waals surface area (Å²) >= 11 is 0. The Bertz CT molecular complexity index is 1770. The van der Waals surface area contributed by atoms with Gasteiger partial charge in [0.15, 0.2) is 0 Å². The Morgan fingerprint density at radius 1 is 0.714 bits per heavy atom. The van der Waals surface area contributed by atoms with Crippen LogP contribution in [0.3, 0.4) is 0 Å². The van der Waals surface area contributed by atoms with E-state index in [1.165, 1.54) is 5.56 Å². The molecule has 0 spiro atoms. The molecule has 0 bridgehead atoms. The van der Waals surface area contributed by atoms with Crippen molar-refractivity contribution < 1.29 is 9.53 Å². The maximum Gasteiger partial charge on any atom is 0.343 e. The first-order valence-electron chi connectivity index (χ1n) is 11.4. The van der Waals surface area contributed by atoms with Crippen LogP contribution in [-0.4, -0.2) is 25.9 Å². The molecule has 6 rings (SSSR count). The van der Waals surface area contributed by atoms with E-state index < -0.39 is 5.97 Å². The number of rotatable bonds is 2. The average Bonchev–Trinajstić information content (AvgIpc) is 2.87. The number of carbonyl (C=O) groups is 1. The van der Waals surface area contributed by atoms with E-state index in [-0.39, 0.29) is 5.41 Å². The summed E-state index contributed by atoms with van der Waals surface area (Å²) in [7, 11) is 0. The monoisotopic (exact) mass is 458 g/mol. The summed E-state index contributed by atoms with van der Waals surface area (Å²) < 4.78 is 5.63. The summed E-state index contributed by atoms with van der Waals surface area (Å²) in [6.07, 6.45) is 3.50. The molecule has 0 aliphatic carbocycles. The summed E-state index contributed by atoms with van der Waals surface area (Å²) in [6.45, 7) is 6.44. The molecule has 3 aromatic carbocycles. The third kappa shape index (κ3) is 3.64. The van der Waals surface area contributed by atoms with Crippen molar-refractivity contribution in [1.29, 1.82) is 0 Å². The van der Waals surface area contributed by atoms with Crippen molar-refractivity contribution in [3.05, 3.63) is 90.3 Å². The Hall–Kier alpha value is -4.45. The minimum absolute atomic E-state index is 0.0312. The Morgan fingerprint density at radius 3 is 1.91 bits per heavy atom. The summed E-state index contributed by atoms with van der Waals surface area (Å²) in [5.74, 6) is 0.0651. The van der Waals surface area contributed by atoms with Crippen molar-refractivity contribution in [2.45, 2.75) is 26.2 Å². The summed E-state index contributed by atoms with van der Waals surface area (Å²) in [6, 6.07) is 20.6. The molecule has 6 aromatic rings. The molecule has 0 radical (unpaired) electrons. The van der Waals surface area contributed by atoms with Gasteiger partial charge in [0, 0.05) is 23.2 Å². The summed E-state index contributed by atoms with van der Waals surface area (Å²) in [4.78, 5) is 31.8. The highest BCUT2D eigenvalue weighted by Gasteiger charge is 2.17. The van der Waals surface area contributed by atoms with E-state index in [0.29, 0.717) is 22.3 Å². The number of nitrogens with zero attached hydrogens (tertiary/aromatic N) is 4. The predicted molar refractivity (Wildman–Crippen MR) is 138 cm³/mol. The Labute approximate surface area is 201 Å². The molecular weight excluding hydrogens is 436 g/mol. The van der Waals surface area contributed by atoms with Crippen molar-refractivity contribution in [3.63, 3.8) is 0 Å². The van der Waals surface area contributed by atoms with Crippen molar-refractivity contribution in [2.24, 2.45) is 0 Å². The highest BCUT2D eigenvalue weighted by Crippen LogP contribution is 2.32. The lowest BCUT2D eigenvalue weighted by Gasteiger charge is -2.19. The molecule has 170 valence electrons. The lowest BCUT2D eigenvalue weighted by atomic mass is 9.87. The molecule has 0 fully saturated rings. The highest BCUT2D eigenvalue weighted by molar-refractivity contribution is 6.21. The van der Waals surface area contributed by atoms with Crippen molar-refractivity contribution in [1.82, 2.24) is 19.9 Å². The normalized spacial score (nSPS) is 12.0. The van der Waals surface area contributed by atoms with E-state index in [1.807, 2.05) is 48.5 Å². The smallest absolute Gasteiger partial charge is 0.343 e. The van der Waals surface area contributed by atoms with Gasteiger partial charge in [-0.05, 0) is 65.6 Å². The second-order valence-electron chi connectivity index (χ2n) is 9.59. The second-order valence-corrected chi connectivity index (χ2v) is 9.59. The molecule has 0 N–H and O–H groups in total.